The number of aliphatic hydroxyl groups is 1. The van der Waals surface area contributed by atoms with Crippen molar-refractivity contribution in [2.24, 2.45) is 0 Å². The van der Waals surface area contributed by atoms with Gasteiger partial charge in [0.1, 0.15) is 11.5 Å². The van der Waals surface area contributed by atoms with E-state index in [0.29, 0.717) is 27.9 Å². The maximum absolute atomic E-state index is 9.48. The summed E-state index contributed by atoms with van der Waals surface area (Å²) in [7, 11) is 0. The van der Waals surface area contributed by atoms with E-state index < -0.39 is 0 Å². The third-order valence-electron chi connectivity index (χ3n) is 2.56. The van der Waals surface area contributed by atoms with Crippen molar-refractivity contribution in [2.75, 3.05) is 5.88 Å². The van der Waals surface area contributed by atoms with Crippen molar-refractivity contribution in [1.82, 2.24) is 5.16 Å². The third kappa shape index (κ3) is 3.16. The fraction of sp³-hybridized carbons (Fsp3) is 0.462. The molecule has 0 aliphatic heterocycles. The number of hydrogen-bond donors (Lipinski definition) is 1. The first-order valence-corrected chi connectivity index (χ1v) is 6.66. The smallest absolute Gasteiger partial charge is 0.145 e. The minimum absolute atomic E-state index is 0.130. The van der Waals surface area contributed by atoms with Crippen molar-refractivity contribution < 1.29 is 9.63 Å². The molecule has 1 heterocycles. The number of hydrogen-bond acceptors (Lipinski definition) is 3. The maximum atomic E-state index is 9.48. The standard InChI is InChI=1S/C13H17Cl2NO2/c1-4-9(11(15)5-6-14)12-10(7-17)13(8(2)3)18-16-12/h4-5,8,17H,6-7H2,1-3H3/b9-4+,11-5+. The highest BCUT2D eigenvalue weighted by Gasteiger charge is 2.21. The van der Waals surface area contributed by atoms with Gasteiger partial charge < -0.3 is 9.63 Å². The molecule has 18 heavy (non-hydrogen) atoms. The van der Waals surface area contributed by atoms with E-state index in [1.54, 1.807) is 6.08 Å². The van der Waals surface area contributed by atoms with E-state index in [2.05, 4.69) is 5.16 Å². The zero-order valence-corrected chi connectivity index (χ0v) is 12.2. The van der Waals surface area contributed by atoms with Crippen LogP contribution in [-0.4, -0.2) is 16.1 Å². The van der Waals surface area contributed by atoms with Crippen LogP contribution in [0, 0.1) is 0 Å². The lowest BCUT2D eigenvalue weighted by molar-refractivity contribution is 0.275. The van der Waals surface area contributed by atoms with E-state index >= 15 is 0 Å². The summed E-state index contributed by atoms with van der Waals surface area (Å²) in [5.74, 6) is 1.16. The highest BCUT2D eigenvalue weighted by molar-refractivity contribution is 6.37. The predicted molar refractivity (Wildman–Crippen MR) is 74.8 cm³/mol. The average molecular weight is 290 g/mol. The van der Waals surface area contributed by atoms with Crippen molar-refractivity contribution >= 4 is 28.8 Å². The van der Waals surface area contributed by atoms with Gasteiger partial charge in [0.2, 0.25) is 0 Å². The van der Waals surface area contributed by atoms with E-state index in [-0.39, 0.29) is 12.5 Å². The summed E-state index contributed by atoms with van der Waals surface area (Å²) in [5, 5.41) is 14.0. The molecule has 0 bridgehead atoms. The Hall–Kier alpha value is -0.770. The molecule has 0 aliphatic carbocycles. The molecule has 0 atom stereocenters. The number of halogens is 2. The van der Waals surface area contributed by atoms with Crippen molar-refractivity contribution in [3.05, 3.63) is 34.2 Å². The molecule has 0 spiro atoms. The number of nitrogens with zero attached hydrogens (tertiary/aromatic N) is 1. The summed E-state index contributed by atoms with van der Waals surface area (Å²) in [6.45, 7) is 5.68. The highest BCUT2D eigenvalue weighted by Crippen LogP contribution is 2.32. The third-order valence-corrected chi connectivity index (χ3v) is 3.07. The molecule has 0 radical (unpaired) electrons. The molecule has 0 aromatic carbocycles. The summed E-state index contributed by atoms with van der Waals surface area (Å²) in [6, 6.07) is 0. The van der Waals surface area contributed by atoms with Gasteiger partial charge in [-0.1, -0.05) is 42.8 Å². The van der Waals surface area contributed by atoms with Crippen LogP contribution in [0.25, 0.3) is 5.57 Å². The summed E-state index contributed by atoms with van der Waals surface area (Å²) in [6.07, 6.45) is 3.51. The van der Waals surface area contributed by atoms with E-state index in [0.717, 1.165) is 5.57 Å². The van der Waals surface area contributed by atoms with Gasteiger partial charge >= 0.3 is 0 Å². The molecule has 0 saturated heterocycles. The van der Waals surface area contributed by atoms with Crippen molar-refractivity contribution in [1.29, 1.82) is 0 Å². The second-order valence-electron chi connectivity index (χ2n) is 4.10. The Morgan fingerprint density at radius 1 is 1.50 bits per heavy atom. The Morgan fingerprint density at radius 3 is 2.61 bits per heavy atom. The first-order chi connectivity index (χ1) is 8.56. The molecular formula is C13H17Cl2NO2. The molecule has 1 N–H and O–H groups in total. The lowest BCUT2D eigenvalue weighted by Crippen LogP contribution is -1.96. The van der Waals surface area contributed by atoms with Gasteiger partial charge in [-0.05, 0) is 6.92 Å². The molecule has 5 heteroatoms. The van der Waals surface area contributed by atoms with Crippen LogP contribution in [0.1, 0.15) is 43.7 Å². The quantitative estimate of drug-likeness (QED) is 0.657. The Morgan fingerprint density at radius 2 is 2.17 bits per heavy atom. The normalized spacial score (nSPS) is 13.5. The SMILES string of the molecule is C/C=C(\C(Cl)=C/CCl)c1noc(C(C)C)c1CO. The second kappa shape index (κ2) is 6.98. The largest absolute Gasteiger partial charge is 0.391 e. The Labute approximate surface area is 117 Å². The van der Waals surface area contributed by atoms with Gasteiger partial charge in [0.05, 0.1) is 6.61 Å². The van der Waals surface area contributed by atoms with Crippen LogP contribution < -0.4 is 0 Å². The van der Waals surface area contributed by atoms with Crippen LogP contribution >= 0.6 is 23.2 Å². The van der Waals surface area contributed by atoms with E-state index in [4.69, 9.17) is 27.7 Å². The van der Waals surface area contributed by atoms with E-state index in [9.17, 15) is 5.11 Å². The Bertz CT molecular complexity index is 462. The predicted octanol–water partition coefficient (Wildman–Crippen LogP) is 4.06. The average Bonchev–Trinajstić information content (AvgIpc) is 2.74. The summed E-state index contributed by atoms with van der Waals surface area (Å²) >= 11 is 11.8. The molecule has 1 rings (SSSR count). The Balaban J connectivity index is 3.28. The zero-order valence-electron chi connectivity index (χ0n) is 10.7. The summed E-state index contributed by atoms with van der Waals surface area (Å²) in [5.41, 5.74) is 1.98. The summed E-state index contributed by atoms with van der Waals surface area (Å²) in [4.78, 5) is 0. The number of aromatic nitrogens is 1. The fourth-order valence-corrected chi connectivity index (χ4v) is 2.21. The molecule has 0 saturated carbocycles. The van der Waals surface area contributed by atoms with Gasteiger partial charge in [-0.3, -0.25) is 0 Å². The molecule has 0 aliphatic rings. The molecule has 0 unspecified atom stereocenters. The van der Waals surface area contributed by atoms with Crippen LogP contribution in [0.3, 0.4) is 0 Å². The van der Waals surface area contributed by atoms with Crippen LogP contribution in [-0.2, 0) is 6.61 Å². The zero-order chi connectivity index (χ0) is 13.7. The maximum Gasteiger partial charge on any atom is 0.145 e. The lowest BCUT2D eigenvalue weighted by atomic mass is 10.0. The van der Waals surface area contributed by atoms with Crippen LogP contribution in [0.4, 0.5) is 0 Å². The highest BCUT2D eigenvalue weighted by atomic mass is 35.5. The van der Waals surface area contributed by atoms with Gasteiger partial charge in [-0.25, -0.2) is 0 Å². The van der Waals surface area contributed by atoms with Gasteiger partial charge in [-0.15, -0.1) is 11.6 Å². The van der Waals surface area contributed by atoms with Gasteiger partial charge in [0.25, 0.3) is 0 Å². The van der Waals surface area contributed by atoms with E-state index in [1.165, 1.54) is 0 Å². The molecule has 1 aromatic rings. The van der Waals surface area contributed by atoms with Crippen LogP contribution in [0.15, 0.2) is 21.7 Å². The molecule has 3 nitrogen and oxygen atoms in total. The molecule has 1 aromatic heterocycles. The van der Waals surface area contributed by atoms with Crippen molar-refractivity contribution in [3.8, 4) is 0 Å². The number of rotatable bonds is 5. The minimum Gasteiger partial charge on any atom is -0.391 e. The van der Waals surface area contributed by atoms with Crippen molar-refractivity contribution in [2.45, 2.75) is 33.3 Å². The number of allylic oxidation sites excluding steroid dienone is 4. The first-order valence-electron chi connectivity index (χ1n) is 5.74. The number of aliphatic hydroxyl groups excluding tert-OH is 1. The van der Waals surface area contributed by atoms with E-state index in [1.807, 2.05) is 26.8 Å². The van der Waals surface area contributed by atoms with Crippen LogP contribution in [0.5, 0.6) is 0 Å². The van der Waals surface area contributed by atoms with Crippen LogP contribution in [0.2, 0.25) is 0 Å². The second-order valence-corrected chi connectivity index (χ2v) is 4.81. The fourth-order valence-electron chi connectivity index (χ4n) is 1.71. The molecule has 100 valence electrons. The van der Waals surface area contributed by atoms with Gasteiger partial charge in [0, 0.05) is 28.0 Å². The molecule has 0 fully saturated rings. The topological polar surface area (TPSA) is 46.3 Å². The Kier molecular flexibility index (Phi) is 5.93. The monoisotopic (exact) mass is 289 g/mol. The van der Waals surface area contributed by atoms with Gasteiger partial charge in [0.15, 0.2) is 0 Å². The van der Waals surface area contributed by atoms with Gasteiger partial charge in [-0.2, -0.15) is 0 Å². The lowest BCUT2D eigenvalue weighted by Gasteiger charge is -2.05. The molecule has 0 amide bonds. The van der Waals surface area contributed by atoms with Crippen molar-refractivity contribution in [3.63, 3.8) is 0 Å². The number of alkyl halides is 1. The minimum atomic E-state index is -0.130. The summed E-state index contributed by atoms with van der Waals surface area (Å²) < 4.78 is 5.29. The molecular weight excluding hydrogens is 273 g/mol. The first kappa shape index (κ1) is 15.3.